The first-order valence-corrected chi connectivity index (χ1v) is 20.8. The summed E-state index contributed by atoms with van der Waals surface area (Å²) in [6.07, 6.45) is 0. The maximum atomic E-state index is 6.85. The van der Waals surface area contributed by atoms with Crippen LogP contribution in [0.15, 0.2) is 235 Å². The number of benzene rings is 10. The predicted molar refractivity (Wildman–Crippen MR) is 257 cm³/mol. The molecule has 0 fully saturated rings. The van der Waals surface area contributed by atoms with Gasteiger partial charge < -0.3 is 13.9 Å². The predicted octanol–water partition coefficient (Wildman–Crippen LogP) is 16.3. The monoisotopic (exact) mass is 778 g/mol. The van der Waals surface area contributed by atoms with E-state index in [9.17, 15) is 0 Å². The van der Waals surface area contributed by atoms with Crippen molar-refractivity contribution in [2.24, 2.45) is 0 Å². The number of furan rings is 1. The second-order valence-corrected chi connectivity index (χ2v) is 15.7. The average molecular weight is 779 g/mol. The molecule has 0 aliphatic heterocycles. The molecule has 3 nitrogen and oxygen atoms in total. The molecule has 0 saturated heterocycles. The molecule has 0 N–H and O–H groups in total. The zero-order valence-corrected chi connectivity index (χ0v) is 33.2. The van der Waals surface area contributed by atoms with Crippen LogP contribution in [0.5, 0.6) is 0 Å². The number of rotatable bonds is 7. The summed E-state index contributed by atoms with van der Waals surface area (Å²) in [6, 6.07) is 82.8. The molecule has 0 unspecified atom stereocenters. The van der Waals surface area contributed by atoms with E-state index >= 15 is 0 Å². The highest BCUT2D eigenvalue weighted by atomic mass is 16.3. The molecule has 10 aromatic carbocycles. The number of aromatic nitrogens is 1. The van der Waals surface area contributed by atoms with E-state index < -0.39 is 0 Å². The van der Waals surface area contributed by atoms with Crippen molar-refractivity contribution in [3.05, 3.63) is 231 Å². The fourth-order valence-corrected chi connectivity index (χ4v) is 9.25. The molecule has 2 heterocycles. The van der Waals surface area contributed by atoms with E-state index in [1.165, 1.54) is 49.3 Å². The Morgan fingerprint density at radius 1 is 0.361 bits per heavy atom. The summed E-state index contributed by atoms with van der Waals surface area (Å²) in [7, 11) is 0. The SMILES string of the molecule is c1ccc(-c2ccc(-c3ccc(N(c4ccc(-n5c6ccccc6c6ccccc65)cc4)c4ccc(-c5ccc6ccccc6c5)c5oc6ccccc6c45)cc3)cc2)cc1. The Bertz CT molecular complexity index is 3510. The molecular weight excluding hydrogens is 741 g/mol. The first-order valence-electron chi connectivity index (χ1n) is 20.8. The van der Waals surface area contributed by atoms with Gasteiger partial charge in [-0.1, -0.05) is 158 Å². The lowest BCUT2D eigenvalue weighted by molar-refractivity contribution is 0.670. The Labute approximate surface area is 353 Å². The molecule has 286 valence electrons. The van der Waals surface area contributed by atoms with Crippen LogP contribution in [0, 0.1) is 0 Å². The van der Waals surface area contributed by atoms with Gasteiger partial charge in [0.25, 0.3) is 0 Å². The van der Waals surface area contributed by atoms with Gasteiger partial charge in [0.05, 0.1) is 22.1 Å². The molecule has 0 saturated carbocycles. The van der Waals surface area contributed by atoms with E-state index in [1.54, 1.807) is 0 Å². The minimum absolute atomic E-state index is 0.864. The van der Waals surface area contributed by atoms with Crippen LogP contribution >= 0.6 is 0 Å². The highest BCUT2D eigenvalue weighted by Crippen LogP contribution is 2.47. The normalized spacial score (nSPS) is 11.6. The number of fused-ring (bicyclic) bond motifs is 7. The van der Waals surface area contributed by atoms with Crippen molar-refractivity contribution in [1.29, 1.82) is 0 Å². The maximum Gasteiger partial charge on any atom is 0.145 e. The van der Waals surface area contributed by atoms with Crippen LogP contribution in [0.3, 0.4) is 0 Å². The molecule has 0 atom stereocenters. The molecule has 0 bridgehead atoms. The van der Waals surface area contributed by atoms with Crippen molar-refractivity contribution in [2.45, 2.75) is 0 Å². The first kappa shape index (κ1) is 34.9. The average Bonchev–Trinajstić information content (AvgIpc) is 3.89. The third-order valence-electron chi connectivity index (χ3n) is 12.2. The van der Waals surface area contributed by atoms with Gasteiger partial charge in [0.1, 0.15) is 11.2 Å². The summed E-state index contributed by atoms with van der Waals surface area (Å²) in [6.45, 7) is 0. The molecule has 0 amide bonds. The van der Waals surface area contributed by atoms with Gasteiger partial charge >= 0.3 is 0 Å². The van der Waals surface area contributed by atoms with Crippen molar-refractivity contribution in [3.63, 3.8) is 0 Å². The molecule has 12 rings (SSSR count). The Morgan fingerprint density at radius 2 is 0.869 bits per heavy atom. The molecule has 12 aromatic rings. The van der Waals surface area contributed by atoms with Crippen LogP contribution in [0.25, 0.3) is 93.6 Å². The minimum Gasteiger partial charge on any atom is -0.455 e. The lowest BCUT2D eigenvalue weighted by Crippen LogP contribution is -2.10. The van der Waals surface area contributed by atoms with E-state index in [4.69, 9.17) is 4.42 Å². The van der Waals surface area contributed by atoms with Gasteiger partial charge in [-0.25, -0.2) is 0 Å². The molecule has 61 heavy (non-hydrogen) atoms. The summed E-state index contributed by atoms with van der Waals surface area (Å²) in [4.78, 5) is 2.38. The zero-order chi connectivity index (χ0) is 40.3. The highest BCUT2D eigenvalue weighted by molar-refractivity contribution is 6.17. The van der Waals surface area contributed by atoms with Crippen LogP contribution in [-0.2, 0) is 0 Å². The third-order valence-corrected chi connectivity index (χ3v) is 12.2. The number of hydrogen-bond donors (Lipinski definition) is 0. The lowest BCUT2D eigenvalue weighted by Gasteiger charge is -2.27. The summed E-state index contributed by atoms with van der Waals surface area (Å²) in [5.41, 5.74) is 15.3. The van der Waals surface area contributed by atoms with Gasteiger partial charge in [0, 0.05) is 38.8 Å². The van der Waals surface area contributed by atoms with Crippen LogP contribution in [0.2, 0.25) is 0 Å². The second kappa shape index (κ2) is 14.3. The lowest BCUT2D eigenvalue weighted by atomic mass is 9.97. The van der Waals surface area contributed by atoms with Crippen molar-refractivity contribution in [2.75, 3.05) is 4.90 Å². The highest BCUT2D eigenvalue weighted by Gasteiger charge is 2.23. The van der Waals surface area contributed by atoms with E-state index in [0.29, 0.717) is 0 Å². The number of para-hydroxylation sites is 3. The van der Waals surface area contributed by atoms with Crippen molar-refractivity contribution >= 4 is 71.6 Å². The van der Waals surface area contributed by atoms with Crippen LogP contribution in [-0.4, -0.2) is 4.57 Å². The first-order chi connectivity index (χ1) is 30.2. The van der Waals surface area contributed by atoms with Gasteiger partial charge in [0.15, 0.2) is 0 Å². The standard InChI is InChI=1S/C58H38N2O/c1-2-12-39(13-3-1)41-22-24-42(25-23-41)43-28-30-46(31-29-43)59(47-32-34-48(35-33-47)60-53-19-9-6-16-50(53)51-17-7-10-20-54(51)60)55-37-36-49(45-27-26-40-14-4-5-15-44(40)38-45)58-57(55)52-18-8-11-21-56(52)61-58/h1-38H. The maximum absolute atomic E-state index is 6.85. The summed E-state index contributed by atoms with van der Waals surface area (Å²) in [5.74, 6) is 0. The topological polar surface area (TPSA) is 21.3 Å². The summed E-state index contributed by atoms with van der Waals surface area (Å²) >= 11 is 0. The zero-order valence-electron chi connectivity index (χ0n) is 33.2. The van der Waals surface area contributed by atoms with Crippen molar-refractivity contribution in [1.82, 2.24) is 4.57 Å². The van der Waals surface area contributed by atoms with Crippen LogP contribution in [0.1, 0.15) is 0 Å². The molecule has 0 radical (unpaired) electrons. The Kier molecular flexibility index (Phi) is 8.17. The van der Waals surface area contributed by atoms with E-state index in [1.807, 2.05) is 0 Å². The molecule has 3 heteroatoms. The fourth-order valence-electron chi connectivity index (χ4n) is 9.25. The number of anilines is 3. The minimum atomic E-state index is 0.864. The third kappa shape index (κ3) is 5.90. The molecule has 0 aliphatic rings. The Balaban J connectivity index is 1.02. The van der Waals surface area contributed by atoms with Gasteiger partial charge in [-0.3, -0.25) is 0 Å². The van der Waals surface area contributed by atoms with Crippen LogP contribution in [0.4, 0.5) is 17.1 Å². The second-order valence-electron chi connectivity index (χ2n) is 15.7. The molecule has 0 aliphatic carbocycles. The number of hydrogen-bond acceptors (Lipinski definition) is 2. The molecule has 2 aromatic heterocycles. The molecule has 0 spiro atoms. The molecular formula is C58H38N2O. The quantitative estimate of drug-likeness (QED) is 0.161. The van der Waals surface area contributed by atoms with E-state index in [0.717, 1.165) is 61.4 Å². The van der Waals surface area contributed by atoms with E-state index in [2.05, 4.69) is 240 Å². The summed E-state index contributed by atoms with van der Waals surface area (Å²) in [5, 5.41) is 7.08. The van der Waals surface area contributed by atoms with Crippen molar-refractivity contribution < 1.29 is 4.42 Å². The van der Waals surface area contributed by atoms with Gasteiger partial charge in [-0.2, -0.15) is 0 Å². The van der Waals surface area contributed by atoms with Crippen LogP contribution < -0.4 is 4.90 Å². The fraction of sp³-hybridized carbons (Fsp3) is 0. The largest absolute Gasteiger partial charge is 0.455 e. The van der Waals surface area contributed by atoms with Gasteiger partial charge in [-0.05, 0) is 111 Å². The van der Waals surface area contributed by atoms with E-state index in [-0.39, 0.29) is 0 Å². The van der Waals surface area contributed by atoms with Gasteiger partial charge in [-0.15, -0.1) is 0 Å². The Hall–Kier alpha value is -8.14. The number of nitrogens with zero attached hydrogens (tertiary/aromatic N) is 2. The Morgan fingerprint density at radius 3 is 1.54 bits per heavy atom. The van der Waals surface area contributed by atoms with Crippen molar-refractivity contribution in [3.8, 4) is 39.1 Å². The smallest absolute Gasteiger partial charge is 0.145 e. The van der Waals surface area contributed by atoms with Gasteiger partial charge in [0.2, 0.25) is 0 Å². The summed E-state index contributed by atoms with van der Waals surface area (Å²) < 4.78 is 9.22.